The van der Waals surface area contributed by atoms with E-state index in [1.807, 2.05) is 13.0 Å². The molecule has 0 aliphatic carbocycles. The number of aromatic nitrogens is 2. The number of hydrogen-bond acceptors (Lipinski definition) is 4. The maximum Gasteiger partial charge on any atom is 0.188 e. The summed E-state index contributed by atoms with van der Waals surface area (Å²) in [5, 5.41) is 0.576. The van der Waals surface area contributed by atoms with Crippen LogP contribution in [0.2, 0.25) is 0 Å². The van der Waals surface area contributed by atoms with Crippen LogP contribution in [0.3, 0.4) is 0 Å². The molecule has 0 spiro atoms. The Bertz CT molecular complexity index is 505. The van der Waals surface area contributed by atoms with Crippen LogP contribution in [0, 0.1) is 5.82 Å². The largest absolute Gasteiger partial charge is 0.327 e. The standard InChI is InChI=1S/C13H14FN3S/c1-9(15)12(10-4-2-5-11(14)8-10)18-13-16-6-3-7-17-13/h2-9,12H,15H2,1H3. The van der Waals surface area contributed by atoms with Gasteiger partial charge in [0.25, 0.3) is 0 Å². The Morgan fingerprint density at radius 3 is 2.56 bits per heavy atom. The first-order valence-corrected chi connectivity index (χ1v) is 6.49. The van der Waals surface area contributed by atoms with E-state index < -0.39 is 0 Å². The molecule has 2 N–H and O–H groups in total. The first-order valence-electron chi connectivity index (χ1n) is 5.61. The second-order valence-corrected chi connectivity index (χ2v) is 5.09. The van der Waals surface area contributed by atoms with Crippen LogP contribution in [0.15, 0.2) is 47.9 Å². The zero-order valence-corrected chi connectivity index (χ0v) is 10.8. The lowest BCUT2D eigenvalue weighted by molar-refractivity contribution is 0.621. The second-order valence-electron chi connectivity index (χ2n) is 3.98. The van der Waals surface area contributed by atoms with Crippen LogP contribution < -0.4 is 5.73 Å². The summed E-state index contributed by atoms with van der Waals surface area (Å²) in [5.74, 6) is -0.257. The molecule has 0 radical (unpaired) electrons. The third kappa shape index (κ3) is 3.27. The van der Waals surface area contributed by atoms with Crippen LogP contribution in [0.25, 0.3) is 0 Å². The number of hydrogen-bond donors (Lipinski definition) is 1. The zero-order chi connectivity index (χ0) is 13.0. The molecule has 2 aromatic rings. The molecule has 0 bridgehead atoms. The number of nitrogens with two attached hydrogens (primary N) is 1. The lowest BCUT2D eigenvalue weighted by atomic mass is 10.1. The fourth-order valence-corrected chi connectivity index (χ4v) is 2.59. The second kappa shape index (κ2) is 5.93. The van der Waals surface area contributed by atoms with E-state index in [-0.39, 0.29) is 17.1 Å². The zero-order valence-electron chi connectivity index (χ0n) is 9.95. The van der Waals surface area contributed by atoms with Crippen molar-refractivity contribution in [3.63, 3.8) is 0 Å². The highest BCUT2D eigenvalue weighted by atomic mass is 32.2. The fourth-order valence-electron chi connectivity index (χ4n) is 1.62. The molecule has 1 heterocycles. The quantitative estimate of drug-likeness (QED) is 0.680. The lowest BCUT2D eigenvalue weighted by Gasteiger charge is -2.19. The number of rotatable bonds is 4. The van der Waals surface area contributed by atoms with E-state index in [4.69, 9.17) is 5.73 Å². The van der Waals surface area contributed by atoms with Gasteiger partial charge in [0.1, 0.15) is 5.82 Å². The summed E-state index contributed by atoms with van der Waals surface area (Å²) in [4.78, 5) is 8.30. The highest BCUT2D eigenvalue weighted by Crippen LogP contribution is 2.35. The Balaban J connectivity index is 2.24. The molecule has 18 heavy (non-hydrogen) atoms. The van der Waals surface area contributed by atoms with Gasteiger partial charge in [0.2, 0.25) is 0 Å². The van der Waals surface area contributed by atoms with Gasteiger partial charge >= 0.3 is 0 Å². The molecule has 1 aromatic heterocycles. The van der Waals surface area contributed by atoms with Crippen LogP contribution >= 0.6 is 11.8 Å². The van der Waals surface area contributed by atoms with Crippen molar-refractivity contribution in [3.8, 4) is 0 Å². The van der Waals surface area contributed by atoms with Crippen molar-refractivity contribution in [2.75, 3.05) is 0 Å². The van der Waals surface area contributed by atoms with Crippen molar-refractivity contribution in [1.82, 2.24) is 9.97 Å². The molecular formula is C13H14FN3S. The molecule has 2 atom stereocenters. The maximum absolute atomic E-state index is 13.2. The number of nitrogens with zero attached hydrogens (tertiary/aromatic N) is 2. The minimum absolute atomic E-state index is 0.0666. The van der Waals surface area contributed by atoms with Crippen molar-refractivity contribution < 1.29 is 4.39 Å². The monoisotopic (exact) mass is 263 g/mol. The first kappa shape index (κ1) is 13.0. The van der Waals surface area contributed by atoms with E-state index >= 15 is 0 Å². The molecule has 0 amide bonds. The van der Waals surface area contributed by atoms with E-state index in [0.717, 1.165) is 5.56 Å². The molecule has 94 valence electrons. The third-order valence-electron chi connectivity index (χ3n) is 2.43. The van der Waals surface area contributed by atoms with Gasteiger partial charge in [0.05, 0.1) is 5.25 Å². The average Bonchev–Trinajstić information content (AvgIpc) is 2.37. The van der Waals surface area contributed by atoms with Crippen molar-refractivity contribution in [2.45, 2.75) is 23.4 Å². The average molecular weight is 263 g/mol. The first-order chi connectivity index (χ1) is 8.66. The van der Waals surface area contributed by atoms with Gasteiger partial charge in [-0.25, -0.2) is 14.4 Å². The summed E-state index contributed by atoms with van der Waals surface area (Å²) < 4.78 is 13.2. The van der Waals surface area contributed by atoms with Crippen LogP contribution in [-0.4, -0.2) is 16.0 Å². The van der Waals surface area contributed by atoms with E-state index in [2.05, 4.69) is 9.97 Å². The molecule has 0 fully saturated rings. The van der Waals surface area contributed by atoms with Gasteiger partial charge in [-0.05, 0) is 30.7 Å². The molecule has 0 saturated carbocycles. The van der Waals surface area contributed by atoms with Gasteiger partial charge in [-0.2, -0.15) is 0 Å². The molecule has 0 aliphatic rings. The van der Waals surface area contributed by atoms with Crippen molar-refractivity contribution in [1.29, 1.82) is 0 Å². The molecular weight excluding hydrogens is 249 g/mol. The molecule has 3 nitrogen and oxygen atoms in total. The maximum atomic E-state index is 13.2. The van der Waals surface area contributed by atoms with E-state index in [1.165, 1.54) is 23.9 Å². The highest BCUT2D eigenvalue weighted by Gasteiger charge is 2.19. The molecule has 0 saturated heterocycles. The van der Waals surface area contributed by atoms with Gasteiger partial charge in [-0.15, -0.1) is 0 Å². The smallest absolute Gasteiger partial charge is 0.188 e. The fraction of sp³-hybridized carbons (Fsp3) is 0.231. The van der Waals surface area contributed by atoms with Gasteiger partial charge in [0.15, 0.2) is 5.16 Å². The van der Waals surface area contributed by atoms with Gasteiger partial charge in [-0.3, -0.25) is 0 Å². The molecule has 5 heteroatoms. The summed E-state index contributed by atoms with van der Waals surface area (Å²) in [6.07, 6.45) is 3.36. The summed E-state index contributed by atoms with van der Waals surface area (Å²) >= 11 is 1.44. The Labute approximate surface area is 110 Å². The van der Waals surface area contributed by atoms with Gasteiger partial charge < -0.3 is 5.73 Å². The highest BCUT2D eigenvalue weighted by molar-refractivity contribution is 7.99. The summed E-state index contributed by atoms with van der Waals surface area (Å²) in [6, 6.07) is 8.11. The van der Waals surface area contributed by atoms with Crippen molar-refractivity contribution in [3.05, 3.63) is 54.1 Å². The predicted octanol–water partition coefficient (Wildman–Crippen LogP) is 2.80. The molecule has 2 unspecified atom stereocenters. The Hall–Kier alpha value is -1.46. The topological polar surface area (TPSA) is 51.8 Å². The van der Waals surface area contributed by atoms with Gasteiger partial charge in [-0.1, -0.05) is 23.9 Å². The van der Waals surface area contributed by atoms with Gasteiger partial charge in [0, 0.05) is 18.4 Å². The predicted molar refractivity (Wildman–Crippen MR) is 70.7 cm³/mol. The number of halogens is 1. The third-order valence-corrected chi connectivity index (χ3v) is 3.81. The van der Waals surface area contributed by atoms with Crippen molar-refractivity contribution in [2.24, 2.45) is 5.73 Å². The Kier molecular flexibility index (Phi) is 4.28. The minimum Gasteiger partial charge on any atom is -0.327 e. The molecule has 2 rings (SSSR count). The van der Waals surface area contributed by atoms with Crippen LogP contribution in [0.1, 0.15) is 17.7 Å². The minimum atomic E-state index is -0.257. The Morgan fingerprint density at radius 2 is 1.94 bits per heavy atom. The Morgan fingerprint density at radius 1 is 1.22 bits per heavy atom. The van der Waals surface area contributed by atoms with Crippen molar-refractivity contribution >= 4 is 11.8 Å². The number of benzene rings is 1. The lowest BCUT2D eigenvalue weighted by Crippen LogP contribution is -2.22. The normalized spacial score (nSPS) is 14.2. The summed E-state index contributed by atoms with van der Waals surface area (Å²) in [6.45, 7) is 1.89. The molecule has 1 aromatic carbocycles. The van der Waals surface area contributed by atoms with E-state index in [9.17, 15) is 4.39 Å². The summed E-state index contributed by atoms with van der Waals surface area (Å²) in [7, 11) is 0. The van der Waals surface area contributed by atoms with Crippen LogP contribution in [0.5, 0.6) is 0 Å². The van der Waals surface area contributed by atoms with Crippen LogP contribution in [-0.2, 0) is 0 Å². The molecule has 0 aliphatic heterocycles. The SMILES string of the molecule is CC(N)C(Sc1ncccn1)c1cccc(F)c1. The summed E-state index contributed by atoms with van der Waals surface area (Å²) in [5.41, 5.74) is 6.82. The van der Waals surface area contributed by atoms with Crippen LogP contribution in [0.4, 0.5) is 4.39 Å². The van der Waals surface area contributed by atoms with E-state index in [0.29, 0.717) is 5.16 Å². The van der Waals surface area contributed by atoms with E-state index in [1.54, 1.807) is 24.5 Å². The number of thioether (sulfide) groups is 1.